The van der Waals surface area contributed by atoms with Crippen molar-refractivity contribution >= 4 is 27.7 Å². The molecule has 4 rings (SSSR count). The Bertz CT molecular complexity index is 831. The number of nitrogens with two attached hydrogens (primary N) is 1. The van der Waals surface area contributed by atoms with E-state index in [-0.39, 0.29) is 0 Å². The number of nitrogens with zero attached hydrogens (tertiary/aromatic N) is 1. The predicted molar refractivity (Wildman–Crippen MR) is 108 cm³/mol. The first-order valence-corrected chi connectivity index (χ1v) is 9.84. The zero-order chi connectivity index (χ0) is 17.6. The number of benzene rings is 1. The topological polar surface area (TPSA) is 50.9 Å². The molecule has 0 spiro atoms. The molecule has 4 heteroatoms. The summed E-state index contributed by atoms with van der Waals surface area (Å²) in [5.41, 5.74) is 13.7. The standard InChI is InChI=1S/C21H24BrN3/c1-3-21(11-13(21)2)17-8-6-14(7-9-17)16-10-18(20(23)24-12-16)19(25-22)15-4-5-15/h6-10,12-13,25H,3-5,11H2,1-2H3,(H2,23,24). The Kier molecular flexibility index (Phi) is 4.11. The second-order valence-electron chi connectivity index (χ2n) is 7.42. The fourth-order valence-corrected chi connectivity index (χ4v) is 4.53. The van der Waals surface area contributed by atoms with E-state index in [4.69, 9.17) is 5.73 Å². The lowest BCUT2D eigenvalue weighted by Crippen LogP contribution is -2.07. The highest BCUT2D eigenvalue weighted by Crippen LogP contribution is 2.56. The van der Waals surface area contributed by atoms with Gasteiger partial charge in [0.2, 0.25) is 0 Å². The van der Waals surface area contributed by atoms with Gasteiger partial charge in [0.1, 0.15) is 5.82 Å². The van der Waals surface area contributed by atoms with Crippen molar-refractivity contribution in [2.45, 2.75) is 44.9 Å². The van der Waals surface area contributed by atoms with Gasteiger partial charge >= 0.3 is 0 Å². The Hall–Kier alpha value is -1.81. The summed E-state index contributed by atoms with van der Waals surface area (Å²) >= 11 is 3.37. The summed E-state index contributed by atoms with van der Waals surface area (Å²) in [6, 6.07) is 11.2. The number of nitrogen functional groups attached to an aromatic ring is 1. The molecule has 1 heterocycles. The number of aromatic nitrogens is 1. The van der Waals surface area contributed by atoms with E-state index in [2.05, 4.69) is 69.7 Å². The maximum atomic E-state index is 6.13. The van der Waals surface area contributed by atoms with Crippen molar-refractivity contribution in [2.24, 2.45) is 5.92 Å². The molecule has 0 aliphatic heterocycles. The third-order valence-electron chi connectivity index (χ3n) is 6.01. The van der Waals surface area contributed by atoms with Crippen LogP contribution in [-0.4, -0.2) is 4.98 Å². The van der Waals surface area contributed by atoms with Gasteiger partial charge in [0.05, 0.1) is 5.70 Å². The van der Waals surface area contributed by atoms with Crippen LogP contribution in [0.15, 0.2) is 42.1 Å². The van der Waals surface area contributed by atoms with Gasteiger partial charge in [-0.3, -0.25) is 0 Å². The molecule has 0 bridgehead atoms. The number of anilines is 1. The summed E-state index contributed by atoms with van der Waals surface area (Å²) in [4.78, 5) is 4.43. The van der Waals surface area contributed by atoms with Crippen LogP contribution in [0, 0.1) is 5.92 Å². The summed E-state index contributed by atoms with van der Waals surface area (Å²) in [7, 11) is 0. The van der Waals surface area contributed by atoms with Crippen molar-refractivity contribution in [3.8, 4) is 11.1 Å². The van der Waals surface area contributed by atoms with Crippen molar-refractivity contribution in [1.29, 1.82) is 0 Å². The summed E-state index contributed by atoms with van der Waals surface area (Å²) in [5.74, 6) is 1.37. The average molecular weight is 398 g/mol. The fourth-order valence-electron chi connectivity index (χ4n) is 4.04. The molecule has 1 aromatic heterocycles. The molecular formula is C21H24BrN3. The van der Waals surface area contributed by atoms with E-state index in [1.807, 2.05) is 6.20 Å². The molecule has 2 atom stereocenters. The number of halogens is 1. The first-order valence-electron chi connectivity index (χ1n) is 9.04. The Balaban J connectivity index is 1.68. The zero-order valence-corrected chi connectivity index (χ0v) is 16.4. The molecular weight excluding hydrogens is 374 g/mol. The van der Waals surface area contributed by atoms with Crippen LogP contribution in [0.1, 0.15) is 50.7 Å². The van der Waals surface area contributed by atoms with Gasteiger partial charge in [0.25, 0.3) is 0 Å². The number of pyridine rings is 1. The van der Waals surface area contributed by atoms with Gasteiger partial charge in [-0.15, -0.1) is 0 Å². The monoisotopic (exact) mass is 397 g/mol. The zero-order valence-electron chi connectivity index (χ0n) is 14.8. The normalized spacial score (nSPS) is 24.1. The Morgan fingerprint density at radius 3 is 2.48 bits per heavy atom. The number of rotatable bonds is 5. The highest BCUT2D eigenvalue weighted by molar-refractivity contribution is 9.08. The summed E-state index contributed by atoms with van der Waals surface area (Å²) in [5, 5.41) is 0. The van der Waals surface area contributed by atoms with E-state index < -0.39 is 0 Å². The highest BCUT2D eigenvalue weighted by Gasteiger charge is 2.50. The van der Waals surface area contributed by atoms with Gasteiger partial charge in [-0.2, -0.15) is 0 Å². The predicted octanol–water partition coefficient (Wildman–Crippen LogP) is 5.42. The number of nitrogens with one attached hydrogen (secondary N) is 1. The molecule has 3 N–H and O–H groups in total. The first kappa shape index (κ1) is 16.6. The molecule has 1 aromatic carbocycles. The van der Waals surface area contributed by atoms with Crippen LogP contribution in [-0.2, 0) is 5.41 Å². The number of hydrogen-bond donors (Lipinski definition) is 2. The minimum absolute atomic E-state index is 0.409. The van der Waals surface area contributed by atoms with E-state index >= 15 is 0 Å². The third-order valence-corrected chi connectivity index (χ3v) is 6.41. The molecule has 25 heavy (non-hydrogen) atoms. The Labute approximate surface area is 158 Å². The van der Waals surface area contributed by atoms with Crippen LogP contribution in [0.2, 0.25) is 0 Å². The molecule has 2 aliphatic rings. The number of hydrogen-bond acceptors (Lipinski definition) is 3. The van der Waals surface area contributed by atoms with Crippen molar-refractivity contribution in [3.05, 3.63) is 53.2 Å². The fraction of sp³-hybridized carbons (Fsp3) is 0.381. The maximum Gasteiger partial charge on any atom is 0.132 e. The highest BCUT2D eigenvalue weighted by atomic mass is 79.9. The molecule has 0 saturated heterocycles. The lowest BCUT2D eigenvalue weighted by atomic mass is 9.89. The molecule has 2 fully saturated rings. The van der Waals surface area contributed by atoms with Gasteiger partial charge in [0, 0.05) is 33.5 Å². The van der Waals surface area contributed by atoms with Crippen molar-refractivity contribution in [1.82, 2.24) is 9.33 Å². The number of allylic oxidation sites excluding steroid dienone is 1. The van der Waals surface area contributed by atoms with Crippen LogP contribution < -0.4 is 10.1 Å². The van der Waals surface area contributed by atoms with Crippen LogP contribution in [0.25, 0.3) is 16.8 Å². The van der Waals surface area contributed by atoms with E-state index in [1.54, 1.807) is 0 Å². The Morgan fingerprint density at radius 2 is 1.96 bits per heavy atom. The van der Waals surface area contributed by atoms with Crippen LogP contribution in [0.5, 0.6) is 0 Å². The molecule has 130 valence electrons. The van der Waals surface area contributed by atoms with E-state index in [9.17, 15) is 0 Å². The van der Waals surface area contributed by atoms with Crippen molar-refractivity contribution in [2.75, 3.05) is 5.73 Å². The molecule has 2 saturated carbocycles. The van der Waals surface area contributed by atoms with Gasteiger partial charge in [-0.05, 0) is 59.8 Å². The van der Waals surface area contributed by atoms with Gasteiger partial charge in [0.15, 0.2) is 0 Å². The van der Waals surface area contributed by atoms with Crippen molar-refractivity contribution < 1.29 is 0 Å². The quantitative estimate of drug-likeness (QED) is 0.661. The maximum absolute atomic E-state index is 6.13. The molecule has 2 aromatic rings. The molecule has 3 nitrogen and oxygen atoms in total. The van der Waals surface area contributed by atoms with E-state index in [0.717, 1.165) is 35.6 Å². The molecule has 2 aliphatic carbocycles. The molecule has 0 amide bonds. The van der Waals surface area contributed by atoms with E-state index in [1.165, 1.54) is 29.5 Å². The summed E-state index contributed by atoms with van der Waals surface area (Å²) in [6.07, 6.45) is 6.65. The second kappa shape index (κ2) is 6.17. The average Bonchev–Trinajstić information content (AvgIpc) is 3.55. The van der Waals surface area contributed by atoms with Crippen LogP contribution >= 0.6 is 16.1 Å². The minimum atomic E-state index is 0.409. The summed E-state index contributed by atoms with van der Waals surface area (Å²) < 4.78 is 3.12. The minimum Gasteiger partial charge on any atom is -0.383 e. The van der Waals surface area contributed by atoms with Crippen LogP contribution in [0.4, 0.5) is 5.82 Å². The Morgan fingerprint density at radius 1 is 1.28 bits per heavy atom. The summed E-state index contributed by atoms with van der Waals surface area (Å²) in [6.45, 7) is 4.65. The second-order valence-corrected chi connectivity index (χ2v) is 7.82. The molecule has 2 unspecified atom stereocenters. The van der Waals surface area contributed by atoms with Gasteiger partial charge in [-0.1, -0.05) is 38.1 Å². The molecule has 0 radical (unpaired) electrons. The van der Waals surface area contributed by atoms with Gasteiger partial charge in [-0.25, -0.2) is 4.98 Å². The lowest BCUT2D eigenvalue weighted by molar-refractivity contribution is 0.607. The lowest BCUT2D eigenvalue weighted by Gasteiger charge is -2.16. The van der Waals surface area contributed by atoms with E-state index in [0.29, 0.717) is 11.2 Å². The smallest absolute Gasteiger partial charge is 0.132 e. The first-order chi connectivity index (χ1) is 12.1. The van der Waals surface area contributed by atoms with Crippen molar-refractivity contribution in [3.63, 3.8) is 0 Å². The SMILES string of the molecule is CCC1(c2ccc(-c3cnc(N)c(C(NBr)=C4CC4)c3)cc2)CC1C. The largest absolute Gasteiger partial charge is 0.383 e. The van der Waals surface area contributed by atoms with Crippen LogP contribution in [0.3, 0.4) is 0 Å². The van der Waals surface area contributed by atoms with Gasteiger partial charge < -0.3 is 10.1 Å². The third kappa shape index (κ3) is 2.86.